The lowest BCUT2D eigenvalue weighted by Gasteiger charge is -2.40. The molecule has 1 saturated heterocycles. The second kappa shape index (κ2) is 3.74. The number of Topliss-reactive ketones (excluding diaryl/α,β-unsaturated/α-hetero) is 1. The summed E-state index contributed by atoms with van der Waals surface area (Å²) in [6.07, 6.45) is 1.79. The zero-order chi connectivity index (χ0) is 11.9. The van der Waals surface area contributed by atoms with Crippen LogP contribution in [-0.2, 0) is 4.74 Å². The van der Waals surface area contributed by atoms with E-state index in [1.165, 1.54) is 6.07 Å². The Morgan fingerprint density at radius 2 is 2.00 bits per heavy atom. The quantitative estimate of drug-likeness (QED) is 0.745. The van der Waals surface area contributed by atoms with Gasteiger partial charge in [-0.25, -0.2) is 0 Å². The third kappa shape index (κ3) is 1.69. The van der Waals surface area contributed by atoms with Gasteiger partial charge in [0.2, 0.25) is 0 Å². The molecule has 1 spiro atoms. The van der Waals surface area contributed by atoms with Gasteiger partial charge < -0.3 is 14.6 Å². The SMILES string of the molecule is O=C1CC2(CCOCC2)Oc2cccc(O)c21. The van der Waals surface area contributed by atoms with Crippen molar-refractivity contribution < 1.29 is 19.4 Å². The third-order valence-electron chi connectivity index (χ3n) is 3.50. The van der Waals surface area contributed by atoms with E-state index < -0.39 is 5.60 Å². The van der Waals surface area contributed by atoms with Gasteiger partial charge in [-0.05, 0) is 12.1 Å². The summed E-state index contributed by atoms with van der Waals surface area (Å²) < 4.78 is 11.3. The maximum absolute atomic E-state index is 12.1. The lowest BCUT2D eigenvalue weighted by atomic mass is 9.84. The maximum Gasteiger partial charge on any atom is 0.174 e. The van der Waals surface area contributed by atoms with Crippen LogP contribution < -0.4 is 4.74 Å². The molecule has 0 atom stereocenters. The summed E-state index contributed by atoms with van der Waals surface area (Å²) in [5.41, 5.74) is -0.0968. The molecule has 0 unspecified atom stereocenters. The number of carbonyl (C=O) groups is 1. The van der Waals surface area contributed by atoms with Gasteiger partial charge in [-0.1, -0.05) is 6.07 Å². The molecule has 0 saturated carbocycles. The molecule has 3 rings (SSSR count). The molecule has 2 aliphatic heterocycles. The summed E-state index contributed by atoms with van der Waals surface area (Å²) in [5, 5.41) is 9.69. The summed E-state index contributed by atoms with van der Waals surface area (Å²) >= 11 is 0. The number of hydrogen-bond acceptors (Lipinski definition) is 4. The number of phenols is 1. The van der Waals surface area contributed by atoms with Gasteiger partial charge in [0.15, 0.2) is 5.78 Å². The van der Waals surface area contributed by atoms with Gasteiger partial charge in [-0.15, -0.1) is 0 Å². The third-order valence-corrected chi connectivity index (χ3v) is 3.50. The molecule has 90 valence electrons. The Bertz CT molecular complexity index is 460. The van der Waals surface area contributed by atoms with E-state index in [-0.39, 0.29) is 11.5 Å². The Kier molecular flexibility index (Phi) is 2.33. The van der Waals surface area contributed by atoms with Crippen molar-refractivity contribution >= 4 is 5.78 Å². The highest BCUT2D eigenvalue weighted by atomic mass is 16.5. The van der Waals surface area contributed by atoms with Gasteiger partial charge in [0, 0.05) is 12.8 Å². The van der Waals surface area contributed by atoms with Crippen molar-refractivity contribution in [1.82, 2.24) is 0 Å². The van der Waals surface area contributed by atoms with Crippen molar-refractivity contribution in [3.63, 3.8) is 0 Å². The number of ketones is 1. The molecular weight excluding hydrogens is 220 g/mol. The number of benzene rings is 1. The molecule has 0 bridgehead atoms. The molecule has 0 aromatic heterocycles. The highest BCUT2D eigenvalue weighted by Crippen LogP contribution is 2.41. The minimum atomic E-state index is -0.421. The Morgan fingerprint density at radius 3 is 2.76 bits per heavy atom. The molecule has 1 fully saturated rings. The lowest BCUT2D eigenvalue weighted by Crippen LogP contribution is -2.46. The van der Waals surface area contributed by atoms with Crippen LogP contribution in [0.25, 0.3) is 0 Å². The minimum Gasteiger partial charge on any atom is -0.507 e. The van der Waals surface area contributed by atoms with E-state index in [0.717, 1.165) is 12.8 Å². The van der Waals surface area contributed by atoms with Crippen molar-refractivity contribution in [2.45, 2.75) is 24.9 Å². The fourth-order valence-electron chi connectivity index (χ4n) is 2.56. The molecule has 2 heterocycles. The molecule has 1 aromatic carbocycles. The first-order valence-electron chi connectivity index (χ1n) is 5.82. The van der Waals surface area contributed by atoms with Gasteiger partial charge in [0.25, 0.3) is 0 Å². The van der Waals surface area contributed by atoms with E-state index in [2.05, 4.69) is 0 Å². The van der Waals surface area contributed by atoms with Gasteiger partial charge in [0.05, 0.1) is 19.6 Å². The molecule has 0 amide bonds. The van der Waals surface area contributed by atoms with E-state index in [4.69, 9.17) is 9.47 Å². The largest absolute Gasteiger partial charge is 0.507 e. The number of rotatable bonds is 0. The van der Waals surface area contributed by atoms with E-state index in [9.17, 15) is 9.90 Å². The molecule has 17 heavy (non-hydrogen) atoms. The highest BCUT2D eigenvalue weighted by Gasteiger charge is 2.42. The van der Waals surface area contributed by atoms with Crippen molar-refractivity contribution in [2.24, 2.45) is 0 Å². The number of hydrogen-bond donors (Lipinski definition) is 1. The van der Waals surface area contributed by atoms with Crippen molar-refractivity contribution in [2.75, 3.05) is 13.2 Å². The predicted octanol–water partition coefficient (Wildman–Crippen LogP) is 1.91. The first-order chi connectivity index (χ1) is 8.20. The normalized spacial score (nSPS) is 22.0. The molecule has 1 N–H and O–H groups in total. The zero-order valence-electron chi connectivity index (χ0n) is 9.44. The Labute approximate surface area is 99.2 Å². The lowest BCUT2D eigenvalue weighted by molar-refractivity contribution is -0.0506. The molecule has 2 aliphatic rings. The second-order valence-electron chi connectivity index (χ2n) is 4.65. The number of phenolic OH excluding ortho intramolecular Hbond substituents is 1. The molecule has 4 nitrogen and oxygen atoms in total. The van der Waals surface area contributed by atoms with Crippen molar-refractivity contribution in [3.8, 4) is 11.5 Å². The second-order valence-corrected chi connectivity index (χ2v) is 4.65. The Morgan fingerprint density at radius 1 is 1.24 bits per heavy atom. The average molecular weight is 234 g/mol. The number of ether oxygens (including phenoxy) is 2. The van der Waals surface area contributed by atoms with E-state index >= 15 is 0 Å². The van der Waals surface area contributed by atoms with Crippen LogP contribution in [0.15, 0.2) is 18.2 Å². The number of aromatic hydroxyl groups is 1. The summed E-state index contributed by atoms with van der Waals surface area (Å²) in [4.78, 5) is 12.1. The van der Waals surface area contributed by atoms with Crippen LogP contribution >= 0.6 is 0 Å². The summed E-state index contributed by atoms with van der Waals surface area (Å²) in [7, 11) is 0. The van der Waals surface area contributed by atoms with E-state index in [1.807, 2.05) is 0 Å². The predicted molar refractivity (Wildman–Crippen MR) is 60.5 cm³/mol. The van der Waals surface area contributed by atoms with Gasteiger partial charge >= 0.3 is 0 Å². The zero-order valence-corrected chi connectivity index (χ0v) is 9.44. The monoisotopic (exact) mass is 234 g/mol. The maximum atomic E-state index is 12.1. The number of carbonyl (C=O) groups excluding carboxylic acids is 1. The van der Waals surface area contributed by atoms with Crippen molar-refractivity contribution in [1.29, 1.82) is 0 Å². The molecule has 1 aromatic rings. The molecule has 4 heteroatoms. The fraction of sp³-hybridized carbons (Fsp3) is 0.462. The Balaban J connectivity index is 2.00. The van der Waals surface area contributed by atoms with E-state index in [0.29, 0.717) is 30.9 Å². The smallest absolute Gasteiger partial charge is 0.174 e. The summed E-state index contributed by atoms with van der Waals surface area (Å²) in [5.74, 6) is 0.476. The average Bonchev–Trinajstić information content (AvgIpc) is 2.29. The van der Waals surface area contributed by atoms with Crippen LogP contribution in [0.4, 0.5) is 0 Å². The van der Waals surface area contributed by atoms with Gasteiger partial charge in [-0.3, -0.25) is 4.79 Å². The first-order valence-corrected chi connectivity index (χ1v) is 5.82. The number of fused-ring (bicyclic) bond motifs is 1. The van der Waals surface area contributed by atoms with Gasteiger partial charge in [-0.2, -0.15) is 0 Å². The molecule has 0 radical (unpaired) electrons. The first kappa shape index (κ1) is 10.6. The molecule has 0 aliphatic carbocycles. The van der Waals surface area contributed by atoms with Crippen LogP contribution in [0, 0.1) is 0 Å². The summed E-state index contributed by atoms with van der Waals surface area (Å²) in [6.45, 7) is 1.25. The van der Waals surface area contributed by atoms with Crippen LogP contribution in [0.3, 0.4) is 0 Å². The van der Waals surface area contributed by atoms with Crippen LogP contribution in [-0.4, -0.2) is 29.7 Å². The standard InChI is InChI=1S/C13H14O4/c14-9-2-1-3-11-12(9)10(15)8-13(17-11)4-6-16-7-5-13/h1-3,14H,4-8H2. The van der Waals surface area contributed by atoms with Gasteiger partial charge in [0.1, 0.15) is 22.7 Å². The van der Waals surface area contributed by atoms with Crippen LogP contribution in [0.1, 0.15) is 29.6 Å². The van der Waals surface area contributed by atoms with Crippen LogP contribution in [0.5, 0.6) is 11.5 Å². The van der Waals surface area contributed by atoms with E-state index in [1.54, 1.807) is 12.1 Å². The Hall–Kier alpha value is -1.55. The van der Waals surface area contributed by atoms with Crippen LogP contribution in [0.2, 0.25) is 0 Å². The topological polar surface area (TPSA) is 55.8 Å². The summed E-state index contributed by atoms with van der Waals surface area (Å²) in [6, 6.07) is 4.95. The minimum absolute atomic E-state index is 0.00871. The molecular formula is C13H14O4. The van der Waals surface area contributed by atoms with Crippen molar-refractivity contribution in [3.05, 3.63) is 23.8 Å². The highest BCUT2D eigenvalue weighted by molar-refractivity contribution is 6.02. The fourth-order valence-corrected chi connectivity index (χ4v) is 2.56.